The zero-order valence-electron chi connectivity index (χ0n) is 16.4. The van der Waals surface area contributed by atoms with Gasteiger partial charge in [0, 0.05) is 19.5 Å². The van der Waals surface area contributed by atoms with Crippen LogP contribution < -0.4 is 15.4 Å². The summed E-state index contributed by atoms with van der Waals surface area (Å²) in [5, 5.41) is 5.84. The van der Waals surface area contributed by atoms with Crippen molar-refractivity contribution < 1.29 is 13.2 Å². The van der Waals surface area contributed by atoms with E-state index in [2.05, 4.69) is 15.4 Å². The number of carbonyl (C=O) groups excluding carboxylic acids is 1. The van der Waals surface area contributed by atoms with Crippen LogP contribution in [0.4, 0.5) is 0 Å². The predicted octanol–water partition coefficient (Wildman–Crippen LogP) is 2.47. The molecule has 2 aromatic rings. The van der Waals surface area contributed by atoms with Gasteiger partial charge in [-0.05, 0) is 38.1 Å². The van der Waals surface area contributed by atoms with Crippen LogP contribution in [0, 0.1) is 13.8 Å². The monoisotopic (exact) mass is 425 g/mol. The Morgan fingerprint density at radius 3 is 2.36 bits per heavy atom. The third-order valence-corrected chi connectivity index (χ3v) is 5.82. The number of nitrogens with one attached hydrogen (secondary N) is 3. The quantitative estimate of drug-likeness (QED) is 0.576. The maximum absolute atomic E-state index is 12.7. The average Bonchev–Trinajstić information content (AvgIpc) is 2.63. The van der Waals surface area contributed by atoms with Crippen molar-refractivity contribution in [1.82, 2.24) is 15.4 Å². The van der Waals surface area contributed by atoms with Crippen LogP contribution in [0.2, 0.25) is 0 Å². The summed E-state index contributed by atoms with van der Waals surface area (Å²) >= 11 is 0. The SMILES string of the molecule is CNCCC(=O)NC(CNS(=O)(=O)c1ccc(C)cc1C)c1ccccc1.Cl. The summed E-state index contributed by atoms with van der Waals surface area (Å²) in [5.41, 5.74) is 2.54. The molecular formula is C20H28ClN3O3S. The van der Waals surface area contributed by atoms with Gasteiger partial charge in [0.25, 0.3) is 0 Å². The minimum absolute atomic E-state index is 0. The van der Waals surface area contributed by atoms with E-state index in [9.17, 15) is 13.2 Å². The molecule has 0 bridgehead atoms. The fourth-order valence-electron chi connectivity index (χ4n) is 2.81. The van der Waals surface area contributed by atoms with Crippen molar-refractivity contribution in [3.63, 3.8) is 0 Å². The van der Waals surface area contributed by atoms with Crippen LogP contribution in [0.25, 0.3) is 0 Å². The first-order valence-corrected chi connectivity index (χ1v) is 10.4. The first kappa shape index (κ1) is 24.1. The van der Waals surface area contributed by atoms with Crippen molar-refractivity contribution in [2.45, 2.75) is 31.2 Å². The smallest absolute Gasteiger partial charge is 0.240 e. The number of rotatable bonds is 9. The van der Waals surface area contributed by atoms with E-state index in [1.807, 2.05) is 43.3 Å². The van der Waals surface area contributed by atoms with Gasteiger partial charge in [-0.15, -0.1) is 12.4 Å². The summed E-state index contributed by atoms with van der Waals surface area (Å²) in [4.78, 5) is 12.4. The van der Waals surface area contributed by atoms with Gasteiger partial charge in [-0.1, -0.05) is 48.0 Å². The lowest BCUT2D eigenvalue weighted by molar-refractivity contribution is -0.121. The van der Waals surface area contributed by atoms with Crippen molar-refractivity contribution in [2.24, 2.45) is 0 Å². The topological polar surface area (TPSA) is 87.3 Å². The Morgan fingerprint density at radius 2 is 1.75 bits per heavy atom. The molecule has 154 valence electrons. The molecule has 0 saturated heterocycles. The summed E-state index contributed by atoms with van der Waals surface area (Å²) in [6.45, 7) is 4.32. The molecule has 0 aliphatic heterocycles. The zero-order chi connectivity index (χ0) is 19.9. The molecule has 28 heavy (non-hydrogen) atoms. The summed E-state index contributed by atoms with van der Waals surface area (Å²) in [5.74, 6) is -0.135. The van der Waals surface area contributed by atoms with E-state index in [0.717, 1.165) is 11.1 Å². The first-order chi connectivity index (χ1) is 12.8. The molecule has 0 aromatic heterocycles. The molecule has 8 heteroatoms. The van der Waals surface area contributed by atoms with Gasteiger partial charge in [-0.2, -0.15) is 0 Å². The lowest BCUT2D eigenvalue weighted by Crippen LogP contribution is -2.38. The Kier molecular flexibility index (Phi) is 9.61. The van der Waals surface area contributed by atoms with Crippen LogP contribution in [0.3, 0.4) is 0 Å². The highest BCUT2D eigenvalue weighted by Gasteiger charge is 2.21. The Labute approximate surface area is 173 Å². The first-order valence-electron chi connectivity index (χ1n) is 8.89. The van der Waals surface area contributed by atoms with Gasteiger partial charge >= 0.3 is 0 Å². The van der Waals surface area contributed by atoms with Gasteiger partial charge in [0.05, 0.1) is 10.9 Å². The molecule has 0 aliphatic carbocycles. The van der Waals surface area contributed by atoms with Gasteiger partial charge in [-0.3, -0.25) is 4.79 Å². The number of carbonyl (C=O) groups is 1. The number of amides is 1. The largest absolute Gasteiger partial charge is 0.348 e. The summed E-state index contributed by atoms with van der Waals surface area (Å²) in [6.07, 6.45) is 0.323. The van der Waals surface area contributed by atoms with Crippen molar-refractivity contribution in [2.75, 3.05) is 20.1 Å². The molecule has 3 N–H and O–H groups in total. The highest BCUT2D eigenvalue weighted by atomic mass is 35.5. The molecule has 2 aromatic carbocycles. The maximum Gasteiger partial charge on any atom is 0.240 e. The van der Waals surface area contributed by atoms with Crippen LogP contribution in [0.15, 0.2) is 53.4 Å². The number of sulfonamides is 1. The average molecular weight is 426 g/mol. The van der Waals surface area contributed by atoms with E-state index in [1.54, 1.807) is 26.1 Å². The molecule has 0 fully saturated rings. The lowest BCUT2D eigenvalue weighted by Gasteiger charge is -2.20. The number of hydrogen-bond donors (Lipinski definition) is 3. The van der Waals surface area contributed by atoms with Gasteiger partial charge in [-0.25, -0.2) is 13.1 Å². The number of hydrogen-bond acceptors (Lipinski definition) is 4. The molecule has 1 atom stereocenters. The van der Waals surface area contributed by atoms with Crippen molar-refractivity contribution in [3.8, 4) is 0 Å². The van der Waals surface area contributed by atoms with Gasteiger partial charge in [0.15, 0.2) is 0 Å². The van der Waals surface area contributed by atoms with Gasteiger partial charge in [0.1, 0.15) is 0 Å². The summed E-state index contributed by atoms with van der Waals surface area (Å²) < 4.78 is 28.1. The van der Waals surface area contributed by atoms with E-state index in [0.29, 0.717) is 18.5 Å². The van der Waals surface area contributed by atoms with E-state index in [1.165, 1.54) is 0 Å². The van der Waals surface area contributed by atoms with Gasteiger partial charge < -0.3 is 10.6 Å². The number of aryl methyl sites for hydroxylation is 2. The van der Waals surface area contributed by atoms with E-state index in [-0.39, 0.29) is 29.8 Å². The van der Waals surface area contributed by atoms with E-state index >= 15 is 0 Å². The Hall–Kier alpha value is -1.93. The zero-order valence-corrected chi connectivity index (χ0v) is 18.0. The molecule has 1 unspecified atom stereocenters. The highest BCUT2D eigenvalue weighted by Crippen LogP contribution is 2.18. The van der Waals surface area contributed by atoms with Gasteiger partial charge in [0.2, 0.25) is 15.9 Å². The fraction of sp³-hybridized carbons (Fsp3) is 0.350. The molecule has 0 heterocycles. The lowest BCUT2D eigenvalue weighted by atomic mass is 10.1. The minimum Gasteiger partial charge on any atom is -0.348 e. The summed E-state index contributed by atoms with van der Waals surface area (Å²) in [6, 6.07) is 14.1. The molecule has 0 radical (unpaired) electrons. The Morgan fingerprint density at radius 1 is 1.07 bits per heavy atom. The second kappa shape index (κ2) is 11.2. The molecule has 6 nitrogen and oxygen atoms in total. The fourth-order valence-corrected chi connectivity index (χ4v) is 4.09. The van der Waals surface area contributed by atoms with Crippen molar-refractivity contribution >= 4 is 28.3 Å². The molecular weight excluding hydrogens is 398 g/mol. The van der Waals surface area contributed by atoms with E-state index < -0.39 is 16.1 Å². The Bertz CT molecular complexity index is 874. The second-order valence-corrected chi connectivity index (χ2v) is 8.24. The minimum atomic E-state index is -3.68. The summed E-state index contributed by atoms with van der Waals surface area (Å²) in [7, 11) is -1.90. The molecule has 0 saturated carbocycles. The second-order valence-electron chi connectivity index (χ2n) is 6.51. The van der Waals surface area contributed by atoms with E-state index in [4.69, 9.17) is 0 Å². The molecule has 0 aliphatic rings. The normalized spacial score (nSPS) is 12.1. The highest BCUT2D eigenvalue weighted by molar-refractivity contribution is 7.89. The van der Waals surface area contributed by atoms with Crippen molar-refractivity contribution in [1.29, 1.82) is 0 Å². The number of benzene rings is 2. The predicted molar refractivity (Wildman–Crippen MR) is 114 cm³/mol. The maximum atomic E-state index is 12.7. The Balaban J connectivity index is 0.00000392. The molecule has 1 amide bonds. The van der Waals surface area contributed by atoms with Crippen LogP contribution in [0.1, 0.15) is 29.2 Å². The molecule has 0 spiro atoms. The molecule has 2 rings (SSSR count). The standard InChI is InChI=1S/C20H27N3O3S.ClH/c1-15-9-10-19(16(2)13-15)27(25,26)22-14-18(17-7-5-4-6-8-17)23-20(24)11-12-21-3;/h4-10,13,18,21-22H,11-12,14H2,1-3H3,(H,23,24);1H. The van der Waals surface area contributed by atoms with Crippen LogP contribution in [-0.4, -0.2) is 34.5 Å². The van der Waals surface area contributed by atoms with Crippen LogP contribution in [0.5, 0.6) is 0 Å². The third-order valence-electron chi connectivity index (χ3n) is 4.24. The number of halogens is 1. The van der Waals surface area contributed by atoms with Crippen LogP contribution in [-0.2, 0) is 14.8 Å². The van der Waals surface area contributed by atoms with Crippen LogP contribution >= 0.6 is 12.4 Å². The third kappa shape index (κ3) is 6.91. The van der Waals surface area contributed by atoms with Crippen molar-refractivity contribution in [3.05, 3.63) is 65.2 Å².